The molecular formula is C22H28N4O6. The number of rotatable bonds is 7. The van der Waals surface area contributed by atoms with Gasteiger partial charge in [0.15, 0.2) is 6.10 Å². The average Bonchev–Trinajstić information content (AvgIpc) is 2.98. The number of primary amides is 1. The van der Waals surface area contributed by atoms with Gasteiger partial charge in [0.05, 0.1) is 0 Å². The lowest BCUT2D eigenvalue weighted by Gasteiger charge is -2.34. The molecule has 2 fully saturated rings. The van der Waals surface area contributed by atoms with Crippen molar-refractivity contribution >= 4 is 35.4 Å². The van der Waals surface area contributed by atoms with Gasteiger partial charge in [-0.2, -0.15) is 0 Å². The topological polar surface area (TPSA) is 148 Å². The second kappa shape index (κ2) is 9.37. The SMILES string of the molecule is CCC1CCC2(CC1)NC(=O)N(CC(=O)OC(C)C(=O)Nc1ccc(C(N)=O)cc1)C2=O. The molecule has 0 bridgehead atoms. The largest absolute Gasteiger partial charge is 0.451 e. The normalized spacial score (nSPS) is 23.6. The first kappa shape index (κ1) is 23.2. The van der Waals surface area contributed by atoms with E-state index >= 15 is 0 Å². The van der Waals surface area contributed by atoms with Gasteiger partial charge in [0.25, 0.3) is 11.8 Å². The predicted molar refractivity (Wildman–Crippen MR) is 114 cm³/mol. The van der Waals surface area contributed by atoms with Crippen LogP contribution in [0.5, 0.6) is 0 Å². The van der Waals surface area contributed by atoms with Crippen LogP contribution in [0.1, 0.15) is 56.3 Å². The molecule has 4 N–H and O–H groups in total. The molecule has 1 saturated carbocycles. The fourth-order valence-electron chi connectivity index (χ4n) is 4.12. The van der Waals surface area contributed by atoms with Crippen molar-refractivity contribution in [2.24, 2.45) is 11.7 Å². The number of esters is 1. The first-order chi connectivity index (χ1) is 15.1. The Balaban J connectivity index is 1.53. The fourth-order valence-corrected chi connectivity index (χ4v) is 4.12. The maximum Gasteiger partial charge on any atom is 0.327 e. The summed E-state index contributed by atoms with van der Waals surface area (Å²) < 4.78 is 5.12. The van der Waals surface area contributed by atoms with Crippen molar-refractivity contribution in [2.45, 2.75) is 57.6 Å². The minimum atomic E-state index is -1.16. The number of nitrogens with one attached hydrogen (secondary N) is 2. The van der Waals surface area contributed by atoms with E-state index in [0.717, 1.165) is 24.2 Å². The highest BCUT2D eigenvalue weighted by atomic mass is 16.5. The number of hydrogen-bond acceptors (Lipinski definition) is 6. The van der Waals surface area contributed by atoms with E-state index in [1.807, 2.05) is 0 Å². The van der Waals surface area contributed by atoms with Crippen LogP contribution >= 0.6 is 0 Å². The molecular weight excluding hydrogens is 416 g/mol. The number of urea groups is 1. The van der Waals surface area contributed by atoms with Crippen LogP contribution in [0.4, 0.5) is 10.5 Å². The summed E-state index contributed by atoms with van der Waals surface area (Å²) in [5.41, 5.74) is 4.91. The van der Waals surface area contributed by atoms with E-state index in [-0.39, 0.29) is 5.56 Å². The van der Waals surface area contributed by atoms with E-state index in [9.17, 15) is 24.0 Å². The molecule has 2 aliphatic rings. The van der Waals surface area contributed by atoms with E-state index in [4.69, 9.17) is 10.5 Å². The van der Waals surface area contributed by atoms with Gasteiger partial charge in [-0.1, -0.05) is 13.3 Å². The van der Waals surface area contributed by atoms with Gasteiger partial charge in [-0.3, -0.25) is 24.1 Å². The Kier molecular flexibility index (Phi) is 6.81. The summed E-state index contributed by atoms with van der Waals surface area (Å²) in [6.45, 7) is 2.92. The summed E-state index contributed by atoms with van der Waals surface area (Å²) >= 11 is 0. The van der Waals surface area contributed by atoms with Crippen LogP contribution < -0.4 is 16.4 Å². The number of nitrogens with two attached hydrogens (primary N) is 1. The van der Waals surface area contributed by atoms with Crippen LogP contribution in [0.25, 0.3) is 0 Å². The van der Waals surface area contributed by atoms with E-state index in [1.165, 1.54) is 31.2 Å². The van der Waals surface area contributed by atoms with E-state index in [1.54, 1.807) is 0 Å². The van der Waals surface area contributed by atoms with Gasteiger partial charge < -0.3 is 21.1 Å². The third kappa shape index (κ3) is 4.90. The molecule has 5 amide bonds. The fraction of sp³-hybridized carbons (Fsp3) is 0.500. The molecule has 1 atom stereocenters. The lowest BCUT2D eigenvalue weighted by atomic mass is 9.75. The summed E-state index contributed by atoms with van der Waals surface area (Å²) in [6, 6.07) is 5.28. The van der Waals surface area contributed by atoms with E-state index < -0.39 is 47.9 Å². The number of benzene rings is 1. The molecule has 1 aliphatic carbocycles. The Morgan fingerprint density at radius 1 is 1.22 bits per heavy atom. The number of anilines is 1. The van der Waals surface area contributed by atoms with Crippen LogP contribution in [-0.4, -0.2) is 52.8 Å². The van der Waals surface area contributed by atoms with Gasteiger partial charge in [-0.25, -0.2) is 4.79 Å². The molecule has 0 aromatic heterocycles. The number of amides is 5. The van der Waals surface area contributed by atoms with Crippen LogP contribution in [-0.2, 0) is 19.1 Å². The number of ether oxygens (including phenoxy) is 1. The maximum absolute atomic E-state index is 12.9. The Hall–Kier alpha value is -3.43. The van der Waals surface area contributed by atoms with Crippen molar-refractivity contribution in [3.05, 3.63) is 29.8 Å². The highest BCUT2D eigenvalue weighted by Gasteiger charge is 2.52. The summed E-state index contributed by atoms with van der Waals surface area (Å²) in [5.74, 6) is -1.93. The van der Waals surface area contributed by atoms with Crippen molar-refractivity contribution in [1.82, 2.24) is 10.2 Å². The van der Waals surface area contributed by atoms with Crippen LogP contribution in [0.3, 0.4) is 0 Å². The summed E-state index contributed by atoms with van der Waals surface area (Å²) in [5, 5.41) is 5.31. The molecule has 10 heteroatoms. The molecule has 0 radical (unpaired) electrons. The Morgan fingerprint density at radius 3 is 2.41 bits per heavy atom. The van der Waals surface area contributed by atoms with Crippen molar-refractivity contribution < 1.29 is 28.7 Å². The summed E-state index contributed by atoms with van der Waals surface area (Å²) in [7, 11) is 0. The van der Waals surface area contributed by atoms with Gasteiger partial charge >= 0.3 is 12.0 Å². The van der Waals surface area contributed by atoms with Crippen LogP contribution in [0, 0.1) is 5.92 Å². The van der Waals surface area contributed by atoms with E-state index in [2.05, 4.69) is 17.6 Å². The maximum atomic E-state index is 12.9. The van der Waals surface area contributed by atoms with Gasteiger partial charge in [0.2, 0.25) is 5.91 Å². The van der Waals surface area contributed by atoms with Crippen molar-refractivity contribution in [1.29, 1.82) is 0 Å². The molecule has 1 aliphatic heterocycles. The van der Waals surface area contributed by atoms with Crippen molar-refractivity contribution in [3.63, 3.8) is 0 Å². The third-order valence-electron chi connectivity index (χ3n) is 6.18. The molecule has 3 rings (SSSR count). The third-order valence-corrected chi connectivity index (χ3v) is 6.18. The first-order valence-electron chi connectivity index (χ1n) is 10.7. The van der Waals surface area contributed by atoms with Crippen molar-refractivity contribution in [2.75, 3.05) is 11.9 Å². The predicted octanol–water partition coefficient (Wildman–Crippen LogP) is 1.55. The Morgan fingerprint density at radius 2 is 1.84 bits per heavy atom. The smallest absolute Gasteiger partial charge is 0.327 e. The average molecular weight is 444 g/mol. The van der Waals surface area contributed by atoms with Gasteiger partial charge in [-0.15, -0.1) is 0 Å². The van der Waals surface area contributed by atoms with E-state index in [0.29, 0.717) is 24.4 Å². The van der Waals surface area contributed by atoms with Crippen LogP contribution in [0.2, 0.25) is 0 Å². The number of carbonyl (C=O) groups is 5. The zero-order chi connectivity index (χ0) is 23.5. The van der Waals surface area contributed by atoms with Gasteiger partial charge in [-0.05, 0) is 62.8 Å². The monoisotopic (exact) mass is 444 g/mol. The first-order valence-corrected chi connectivity index (χ1v) is 10.7. The number of nitrogens with zero attached hydrogens (tertiary/aromatic N) is 1. The second-order valence-corrected chi connectivity index (χ2v) is 8.32. The molecule has 1 unspecified atom stereocenters. The summed E-state index contributed by atoms with van der Waals surface area (Å²) in [6.07, 6.45) is 2.66. The number of carbonyl (C=O) groups excluding carboxylic acids is 5. The number of imide groups is 1. The standard InChI is InChI=1S/C22H28N4O6/c1-3-14-8-10-22(11-9-14)20(30)26(21(31)25-22)12-17(27)32-13(2)19(29)24-16-6-4-15(5-7-16)18(23)28/h4-7,13-14H,3,8-12H2,1-2H3,(H2,23,28)(H,24,29)(H,25,31). The van der Waals surface area contributed by atoms with Gasteiger partial charge in [0, 0.05) is 11.3 Å². The summed E-state index contributed by atoms with van der Waals surface area (Å²) in [4.78, 5) is 61.8. The quantitative estimate of drug-likeness (QED) is 0.429. The Bertz CT molecular complexity index is 921. The molecule has 10 nitrogen and oxygen atoms in total. The second-order valence-electron chi connectivity index (χ2n) is 8.32. The highest BCUT2D eigenvalue weighted by Crippen LogP contribution is 2.37. The zero-order valence-electron chi connectivity index (χ0n) is 18.2. The lowest BCUT2D eigenvalue weighted by molar-refractivity contribution is -0.155. The minimum absolute atomic E-state index is 0.289. The molecule has 1 heterocycles. The molecule has 1 saturated heterocycles. The molecule has 172 valence electrons. The Labute approximate surface area is 185 Å². The minimum Gasteiger partial charge on any atom is -0.451 e. The number of hydrogen-bond donors (Lipinski definition) is 3. The van der Waals surface area contributed by atoms with Gasteiger partial charge in [0.1, 0.15) is 12.1 Å². The molecule has 32 heavy (non-hydrogen) atoms. The highest BCUT2D eigenvalue weighted by molar-refractivity contribution is 6.09. The zero-order valence-corrected chi connectivity index (χ0v) is 18.2. The molecule has 1 aromatic carbocycles. The van der Waals surface area contributed by atoms with Crippen LogP contribution in [0.15, 0.2) is 24.3 Å². The molecule has 1 spiro atoms. The van der Waals surface area contributed by atoms with Crippen molar-refractivity contribution in [3.8, 4) is 0 Å². The lowest BCUT2D eigenvalue weighted by Crippen LogP contribution is -2.49. The molecule has 1 aromatic rings.